The molecule has 0 aliphatic heterocycles. The number of carbonyl (C=O) groups excluding carboxylic acids is 4. The Morgan fingerprint density at radius 3 is 1.87 bits per heavy atom. The van der Waals surface area contributed by atoms with Crippen molar-refractivity contribution in [3.8, 4) is 0 Å². The molecule has 7 aliphatic rings. The Bertz CT molecular complexity index is 1390. The first-order valence-electron chi connectivity index (χ1n) is 21.5. The van der Waals surface area contributed by atoms with E-state index in [0.29, 0.717) is 74.7 Å². The Morgan fingerprint density at radius 1 is 0.660 bits per heavy atom. The van der Waals surface area contributed by atoms with E-state index in [0.717, 1.165) is 38.0 Å². The van der Waals surface area contributed by atoms with Crippen molar-refractivity contribution in [2.24, 2.45) is 64.1 Å². The Morgan fingerprint density at radius 2 is 1.25 bits per heavy atom. The summed E-state index contributed by atoms with van der Waals surface area (Å²) in [4.78, 5) is 55.7. The van der Waals surface area contributed by atoms with Crippen LogP contribution in [-0.4, -0.2) is 48.3 Å². The van der Waals surface area contributed by atoms with Gasteiger partial charge in [-0.05, 0) is 125 Å². The van der Waals surface area contributed by atoms with Crippen LogP contribution in [0.2, 0.25) is 0 Å². The minimum atomic E-state index is -1.36. The number of esters is 4. The summed E-state index contributed by atoms with van der Waals surface area (Å²) in [7, 11) is 0. The SMILES string of the molecule is C=CC1CC1(C(=O)OCCC(C)CC1CCCCC1)C(=O)OC1CC2CC(C)CC(OC(=O)C3(C(=O)OC4CC5CC(C)CC(C5)C4)CC3C=C)(C2)C1. The maximum absolute atomic E-state index is 14.3. The number of rotatable bonds is 14. The minimum Gasteiger partial charge on any atom is -0.465 e. The van der Waals surface area contributed by atoms with Crippen LogP contribution in [0.5, 0.6) is 0 Å². The lowest BCUT2D eigenvalue weighted by Crippen LogP contribution is -2.52. The molecule has 8 heteroatoms. The molecule has 11 atom stereocenters. The van der Waals surface area contributed by atoms with E-state index in [1.807, 2.05) is 0 Å². The summed E-state index contributed by atoms with van der Waals surface area (Å²) < 4.78 is 24.7. The van der Waals surface area contributed by atoms with Gasteiger partial charge in [-0.1, -0.05) is 65.0 Å². The lowest BCUT2D eigenvalue weighted by Gasteiger charge is -2.49. The van der Waals surface area contributed by atoms with Crippen LogP contribution >= 0.6 is 0 Å². The molecule has 0 aromatic heterocycles. The number of hydrogen-bond donors (Lipinski definition) is 0. The van der Waals surface area contributed by atoms with E-state index in [1.54, 1.807) is 12.2 Å². The summed E-state index contributed by atoms with van der Waals surface area (Å²) in [6.45, 7) is 14.9. The van der Waals surface area contributed by atoms with Gasteiger partial charge in [0.05, 0.1) is 6.61 Å². The molecule has 0 spiro atoms. The topological polar surface area (TPSA) is 105 Å². The van der Waals surface area contributed by atoms with Crippen molar-refractivity contribution in [2.75, 3.05) is 6.61 Å². The van der Waals surface area contributed by atoms with Gasteiger partial charge in [-0.2, -0.15) is 0 Å². The summed E-state index contributed by atoms with van der Waals surface area (Å²) in [5.74, 6) is 0.915. The van der Waals surface area contributed by atoms with Crippen LogP contribution in [0.15, 0.2) is 25.3 Å². The van der Waals surface area contributed by atoms with Gasteiger partial charge in [-0.25, -0.2) is 0 Å². The van der Waals surface area contributed by atoms with Crippen molar-refractivity contribution in [2.45, 2.75) is 161 Å². The molecule has 7 rings (SSSR count). The van der Waals surface area contributed by atoms with Crippen molar-refractivity contribution < 1.29 is 38.1 Å². The molecule has 7 aliphatic carbocycles. The summed E-state index contributed by atoms with van der Waals surface area (Å²) in [6, 6.07) is 0. The van der Waals surface area contributed by atoms with Crippen LogP contribution in [0, 0.1) is 64.1 Å². The molecule has 294 valence electrons. The fourth-order valence-corrected chi connectivity index (χ4v) is 12.3. The zero-order valence-electron chi connectivity index (χ0n) is 32.8. The van der Waals surface area contributed by atoms with Gasteiger partial charge >= 0.3 is 23.9 Å². The molecule has 0 heterocycles. The molecular weight excluding hydrogens is 668 g/mol. The Hall–Kier alpha value is -2.64. The fraction of sp³-hybridized carbons (Fsp3) is 0.822. The molecule has 0 radical (unpaired) electrons. The second-order valence-electron chi connectivity index (χ2n) is 19.5. The normalized spacial score (nSPS) is 42.3. The van der Waals surface area contributed by atoms with Crippen molar-refractivity contribution in [3.05, 3.63) is 25.3 Å². The lowest BCUT2D eigenvalue weighted by atomic mass is 9.64. The van der Waals surface area contributed by atoms with Crippen LogP contribution in [-0.2, 0) is 38.1 Å². The second kappa shape index (κ2) is 15.5. The van der Waals surface area contributed by atoms with Crippen molar-refractivity contribution in [1.82, 2.24) is 0 Å². The first kappa shape index (κ1) is 38.6. The monoisotopic (exact) mass is 734 g/mol. The van der Waals surface area contributed by atoms with Crippen LogP contribution < -0.4 is 0 Å². The lowest BCUT2D eigenvalue weighted by molar-refractivity contribution is -0.196. The molecule has 11 unspecified atom stereocenters. The van der Waals surface area contributed by atoms with Gasteiger partial charge in [0.25, 0.3) is 0 Å². The van der Waals surface area contributed by atoms with Gasteiger partial charge < -0.3 is 18.9 Å². The van der Waals surface area contributed by atoms with Crippen molar-refractivity contribution in [1.29, 1.82) is 0 Å². The first-order chi connectivity index (χ1) is 25.4. The predicted octanol–water partition coefficient (Wildman–Crippen LogP) is 9.09. The highest BCUT2D eigenvalue weighted by Gasteiger charge is 2.70. The van der Waals surface area contributed by atoms with E-state index in [4.69, 9.17) is 18.9 Å². The average molecular weight is 735 g/mol. The van der Waals surface area contributed by atoms with Crippen molar-refractivity contribution >= 4 is 23.9 Å². The summed E-state index contributed by atoms with van der Waals surface area (Å²) in [5, 5.41) is 0. The molecular formula is C45H66O8. The Balaban J connectivity index is 0.976. The van der Waals surface area contributed by atoms with Gasteiger partial charge in [0.15, 0.2) is 10.8 Å². The standard InChI is InChI=1S/C45H66O8/c1-6-35-25-44(35,39(46)50-14-13-28(3)15-31-11-9-8-10-12-31)40(47)52-38-22-34-18-30(5)23-43(24-34,27-38)53-42(49)45(26-36(45)7-2)41(48)51-37-20-32-16-29(4)17-33(19-32)21-37/h6-7,28-38H,1-2,8-27H2,3-5H3. The molecule has 0 N–H and O–H groups in total. The highest BCUT2D eigenvalue weighted by Crippen LogP contribution is 2.59. The summed E-state index contributed by atoms with van der Waals surface area (Å²) >= 11 is 0. The second-order valence-corrected chi connectivity index (χ2v) is 19.5. The molecule has 0 amide bonds. The number of allylic oxidation sites excluding steroid dienone is 2. The zero-order chi connectivity index (χ0) is 37.5. The molecule has 4 bridgehead atoms. The van der Waals surface area contributed by atoms with Gasteiger partial charge in [0.1, 0.15) is 17.8 Å². The molecule has 8 nitrogen and oxygen atoms in total. The van der Waals surface area contributed by atoms with E-state index in [9.17, 15) is 19.2 Å². The Kier molecular flexibility index (Phi) is 11.3. The van der Waals surface area contributed by atoms with Crippen molar-refractivity contribution in [3.63, 3.8) is 0 Å². The maximum Gasteiger partial charge on any atom is 0.324 e. The van der Waals surface area contributed by atoms with E-state index >= 15 is 0 Å². The van der Waals surface area contributed by atoms with E-state index in [2.05, 4.69) is 33.9 Å². The summed E-state index contributed by atoms with van der Waals surface area (Å²) in [6.07, 6.45) is 20.5. The molecule has 0 saturated heterocycles. The van der Waals surface area contributed by atoms with E-state index in [-0.39, 0.29) is 23.9 Å². The van der Waals surface area contributed by atoms with Gasteiger partial charge in [0.2, 0.25) is 0 Å². The van der Waals surface area contributed by atoms with Crippen LogP contribution in [0.1, 0.15) is 143 Å². The van der Waals surface area contributed by atoms with Crippen LogP contribution in [0.25, 0.3) is 0 Å². The van der Waals surface area contributed by atoms with E-state index < -0.39 is 46.4 Å². The number of fused-ring (bicyclic) bond motifs is 4. The minimum absolute atomic E-state index is 0.156. The number of hydrogen-bond acceptors (Lipinski definition) is 8. The predicted molar refractivity (Wildman–Crippen MR) is 201 cm³/mol. The number of carbonyl (C=O) groups is 4. The third-order valence-corrected chi connectivity index (χ3v) is 14.9. The van der Waals surface area contributed by atoms with Gasteiger partial charge in [0, 0.05) is 18.3 Å². The highest BCUT2D eigenvalue weighted by atomic mass is 16.6. The summed E-state index contributed by atoms with van der Waals surface area (Å²) in [5.41, 5.74) is -3.57. The molecule has 53 heavy (non-hydrogen) atoms. The highest BCUT2D eigenvalue weighted by molar-refractivity contribution is 6.05. The average Bonchev–Trinajstić information content (AvgIpc) is 4.01. The van der Waals surface area contributed by atoms with Crippen LogP contribution in [0.3, 0.4) is 0 Å². The van der Waals surface area contributed by atoms with Gasteiger partial charge in [-0.3, -0.25) is 19.2 Å². The molecule has 7 saturated carbocycles. The molecule has 0 aromatic rings. The zero-order valence-corrected chi connectivity index (χ0v) is 32.8. The maximum atomic E-state index is 14.3. The molecule has 7 fully saturated rings. The quantitative estimate of drug-likeness (QED) is 0.0754. The van der Waals surface area contributed by atoms with Gasteiger partial charge in [-0.15, -0.1) is 13.2 Å². The number of ether oxygens (including phenoxy) is 4. The fourth-order valence-electron chi connectivity index (χ4n) is 12.3. The first-order valence-corrected chi connectivity index (χ1v) is 21.5. The largest absolute Gasteiger partial charge is 0.465 e. The third-order valence-electron chi connectivity index (χ3n) is 14.9. The molecule has 0 aromatic carbocycles. The van der Waals surface area contributed by atoms with E-state index in [1.165, 1.54) is 51.4 Å². The smallest absolute Gasteiger partial charge is 0.324 e. The Labute approximate surface area is 317 Å². The third kappa shape index (κ3) is 8.04. The van der Waals surface area contributed by atoms with Crippen LogP contribution in [0.4, 0.5) is 0 Å².